The van der Waals surface area contributed by atoms with Crippen LogP contribution in [0.15, 0.2) is 0 Å². The molecule has 0 amide bonds. The molecule has 0 fully saturated rings. The molecule has 2 atom stereocenters. The van der Waals surface area contributed by atoms with Crippen molar-refractivity contribution >= 4 is 11.9 Å². The van der Waals surface area contributed by atoms with Crippen LogP contribution in [0.3, 0.4) is 0 Å². The highest BCUT2D eigenvalue weighted by Gasteiger charge is 2.31. The average molecular weight is 217 g/mol. The minimum absolute atomic E-state index is 0.256. The van der Waals surface area contributed by atoms with E-state index in [4.69, 9.17) is 15.2 Å². The Morgan fingerprint density at radius 1 is 1.07 bits per heavy atom. The molecule has 5 nitrogen and oxygen atoms in total. The van der Waals surface area contributed by atoms with Crippen LogP contribution >= 0.6 is 0 Å². The van der Waals surface area contributed by atoms with E-state index in [0.29, 0.717) is 6.42 Å². The molecule has 0 rings (SSSR count). The topological polar surface area (TPSA) is 78.6 Å². The van der Waals surface area contributed by atoms with E-state index in [1.807, 2.05) is 0 Å². The predicted molar refractivity (Wildman–Crippen MR) is 55.0 cm³/mol. The molecule has 0 aliphatic rings. The molecule has 2 N–H and O–H groups in total. The number of rotatable bonds is 6. The van der Waals surface area contributed by atoms with Gasteiger partial charge in [-0.1, -0.05) is 6.92 Å². The van der Waals surface area contributed by atoms with Gasteiger partial charge in [0.15, 0.2) is 0 Å². The maximum absolute atomic E-state index is 11.4. The number of ether oxygens (including phenoxy) is 2. The van der Waals surface area contributed by atoms with Crippen LogP contribution in [0, 0.1) is 5.92 Å². The smallest absolute Gasteiger partial charge is 0.323 e. The van der Waals surface area contributed by atoms with Crippen LogP contribution < -0.4 is 5.73 Å². The van der Waals surface area contributed by atoms with Crippen molar-refractivity contribution in [2.45, 2.75) is 33.2 Å². The van der Waals surface area contributed by atoms with E-state index in [0.717, 1.165) is 0 Å². The lowest BCUT2D eigenvalue weighted by molar-refractivity contribution is -0.156. The number of hydrogen-bond acceptors (Lipinski definition) is 5. The third kappa shape index (κ3) is 4.29. The highest BCUT2D eigenvalue weighted by molar-refractivity contribution is 5.84. The lowest BCUT2D eigenvalue weighted by atomic mass is 9.98. The molecule has 0 saturated heterocycles. The van der Waals surface area contributed by atoms with Gasteiger partial charge in [-0.25, -0.2) is 0 Å². The summed E-state index contributed by atoms with van der Waals surface area (Å²) < 4.78 is 9.56. The van der Waals surface area contributed by atoms with Gasteiger partial charge in [-0.05, 0) is 20.3 Å². The summed E-state index contributed by atoms with van der Waals surface area (Å²) in [6.45, 7) is 5.72. The van der Waals surface area contributed by atoms with E-state index in [9.17, 15) is 9.59 Å². The summed E-state index contributed by atoms with van der Waals surface area (Å²) in [4.78, 5) is 22.7. The Morgan fingerprint density at radius 2 is 1.53 bits per heavy atom. The Bertz CT molecular complexity index is 217. The van der Waals surface area contributed by atoms with Crippen molar-refractivity contribution in [1.29, 1.82) is 0 Å². The molecule has 5 heteroatoms. The number of esters is 2. The van der Waals surface area contributed by atoms with E-state index in [2.05, 4.69) is 0 Å². The molecule has 0 saturated carbocycles. The lowest BCUT2D eigenvalue weighted by Crippen LogP contribution is -2.43. The Morgan fingerprint density at radius 3 is 1.93 bits per heavy atom. The van der Waals surface area contributed by atoms with Gasteiger partial charge in [0.25, 0.3) is 0 Å². The molecule has 0 aromatic rings. The highest BCUT2D eigenvalue weighted by atomic mass is 16.5. The molecule has 15 heavy (non-hydrogen) atoms. The summed E-state index contributed by atoms with van der Waals surface area (Å²) >= 11 is 0. The second kappa shape index (κ2) is 7.23. The van der Waals surface area contributed by atoms with Crippen molar-refractivity contribution in [2.75, 3.05) is 13.2 Å². The van der Waals surface area contributed by atoms with Crippen molar-refractivity contribution in [3.8, 4) is 0 Å². The van der Waals surface area contributed by atoms with Crippen LogP contribution in [0.25, 0.3) is 0 Å². The molecule has 0 spiro atoms. The van der Waals surface area contributed by atoms with Gasteiger partial charge in [-0.15, -0.1) is 0 Å². The van der Waals surface area contributed by atoms with Gasteiger partial charge in [0.2, 0.25) is 0 Å². The molecule has 0 aliphatic heterocycles. The van der Waals surface area contributed by atoms with Gasteiger partial charge in [-0.2, -0.15) is 0 Å². The summed E-state index contributed by atoms with van der Waals surface area (Å²) in [5.41, 5.74) is 5.61. The monoisotopic (exact) mass is 217 g/mol. The molecule has 0 unspecified atom stereocenters. The van der Waals surface area contributed by atoms with E-state index < -0.39 is 23.9 Å². The molecule has 0 aromatic heterocycles. The maximum atomic E-state index is 11.4. The van der Waals surface area contributed by atoms with E-state index in [-0.39, 0.29) is 13.2 Å². The molecule has 0 heterocycles. The Kier molecular flexibility index (Phi) is 6.70. The van der Waals surface area contributed by atoms with Gasteiger partial charge >= 0.3 is 11.9 Å². The first-order chi connectivity index (χ1) is 7.08. The fourth-order valence-corrected chi connectivity index (χ4v) is 1.22. The third-order valence-electron chi connectivity index (χ3n) is 2.02. The lowest BCUT2D eigenvalue weighted by Gasteiger charge is -2.19. The zero-order chi connectivity index (χ0) is 11.8. The second-order valence-corrected chi connectivity index (χ2v) is 3.04. The quantitative estimate of drug-likeness (QED) is 0.654. The summed E-state index contributed by atoms with van der Waals surface area (Å²) in [6.07, 6.45) is 0.457. The first-order valence-corrected chi connectivity index (χ1v) is 5.17. The van der Waals surface area contributed by atoms with E-state index >= 15 is 0 Å². The Labute approximate surface area is 89.9 Å². The number of carbonyl (C=O) groups excluding carboxylic acids is 2. The fourth-order valence-electron chi connectivity index (χ4n) is 1.22. The standard InChI is InChI=1S/C10H19NO4/c1-4-7(9(12)14-5-2)8(11)10(13)15-6-3/h7-8H,4-6,11H2,1-3H3/t7-,8-/m0/s1. The van der Waals surface area contributed by atoms with Crippen LogP contribution in [0.4, 0.5) is 0 Å². The molecular weight excluding hydrogens is 198 g/mol. The van der Waals surface area contributed by atoms with E-state index in [1.165, 1.54) is 0 Å². The summed E-state index contributed by atoms with van der Waals surface area (Å²) in [6, 6.07) is -0.936. The summed E-state index contributed by atoms with van der Waals surface area (Å²) in [7, 11) is 0. The van der Waals surface area contributed by atoms with Crippen LogP contribution in [-0.2, 0) is 19.1 Å². The number of hydrogen-bond donors (Lipinski definition) is 1. The molecule has 0 aliphatic carbocycles. The first-order valence-electron chi connectivity index (χ1n) is 5.17. The Hall–Kier alpha value is -1.10. The van der Waals surface area contributed by atoms with Crippen molar-refractivity contribution in [2.24, 2.45) is 11.7 Å². The first kappa shape index (κ1) is 13.9. The minimum Gasteiger partial charge on any atom is -0.466 e. The summed E-state index contributed by atoms with van der Waals surface area (Å²) in [5.74, 6) is -1.62. The van der Waals surface area contributed by atoms with Gasteiger partial charge in [-0.3, -0.25) is 9.59 Å². The van der Waals surface area contributed by atoms with Crippen LogP contribution in [-0.4, -0.2) is 31.2 Å². The third-order valence-corrected chi connectivity index (χ3v) is 2.02. The Balaban J connectivity index is 4.38. The van der Waals surface area contributed by atoms with Crippen molar-refractivity contribution in [3.05, 3.63) is 0 Å². The predicted octanol–water partition coefficient (Wildman–Crippen LogP) is 0.466. The van der Waals surface area contributed by atoms with Gasteiger partial charge in [0.1, 0.15) is 6.04 Å². The van der Waals surface area contributed by atoms with Crippen molar-refractivity contribution in [3.63, 3.8) is 0 Å². The van der Waals surface area contributed by atoms with Crippen molar-refractivity contribution < 1.29 is 19.1 Å². The molecule has 0 aromatic carbocycles. The van der Waals surface area contributed by atoms with Crippen LogP contribution in [0.5, 0.6) is 0 Å². The van der Waals surface area contributed by atoms with Gasteiger partial charge in [0, 0.05) is 0 Å². The van der Waals surface area contributed by atoms with Crippen LogP contribution in [0.1, 0.15) is 27.2 Å². The number of nitrogens with two attached hydrogens (primary N) is 1. The largest absolute Gasteiger partial charge is 0.466 e. The SMILES string of the molecule is CCOC(=O)[C@@H](N)[C@H](CC)C(=O)OCC. The normalized spacial score (nSPS) is 14.1. The molecule has 0 radical (unpaired) electrons. The number of carbonyl (C=O) groups is 2. The summed E-state index contributed by atoms with van der Waals surface area (Å²) in [5, 5.41) is 0. The van der Waals surface area contributed by atoms with Gasteiger partial charge < -0.3 is 15.2 Å². The molecular formula is C10H19NO4. The van der Waals surface area contributed by atoms with Crippen LogP contribution in [0.2, 0.25) is 0 Å². The molecule has 88 valence electrons. The average Bonchev–Trinajstić information content (AvgIpc) is 2.19. The minimum atomic E-state index is -0.936. The maximum Gasteiger partial charge on any atom is 0.323 e. The zero-order valence-corrected chi connectivity index (χ0v) is 9.49. The van der Waals surface area contributed by atoms with E-state index in [1.54, 1.807) is 20.8 Å². The highest BCUT2D eigenvalue weighted by Crippen LogP contribution is 2.11. The zero-order valence-electron chi connectivity index (χ0n) is 9.49. The fraction of sp³-hybridized carbons (Fsp3) is 0.800. The van der Waals surface area contributed by atoms with Gasteiger partial charge in [0.05, 0.1) is 19.1 Å². The second-order valence-electron chi connectivity index (χ2n) is 3.04. The van der Waals surface area contributed by atoms with Crippen molar-refractivity contribution in [1.82, 2.24) is 0 Å². The molecule has 0 bridgehead atoms.